The number of aliphatic hydroxyl groups is 1. The normalized spacial score (nSPS) is 22.5. The SMILES string of the molecule is C[C@@H]1CCCCO[C@H](CN(C)C(=O)NC2CCCCC2)[C@@H](C)CN([C@@H](C)CO)C(=O)c2cc(NC(=O)c3ccccc3)ccc2O1. The van der Waals surface area contributed by atoms with Crippen molar-refractivity contribution in [3.8, 4) is 5.75 Å². The fourth-order valence-electron chi connectivity index (χ4n) is 6.14. The zero-order valence-electron chi connectivity index (χ0n) is 27.9. The third kappa shape index (κ3) is 9.93. The van der Waals surface area contributed by atoms with Crippen LogP contribution in [-0.4, -0.2) is 90.4 Å². The molecule has 0 saturated heterocycles. The summed E-state index contributed by atoms with van der Waals surface area (Å²) in [7, 11) is 1.79. The molecule has 4 amide bonds. The Bertz CT molecular complexity index is 1280. The third-order valence-electron chi connectivity index (χ3n) is 9.08. The molecule has 4 rings (SSSR count). The van der Waals surface area contributed by atoms with Gasteiger partial charge in [0.2, 0.25) is 0 Å². The second-order valence-electron chi connectivity index (χ2n) is 13.0. The van der Waals surface area contributed by atoms with Crippen LogP contribution in [0.3, 0.4) is 0 Å². The van der Waals surface area contributed by atoms with E-state index in [4.69, 9.17) is 9.47 Å². The molecule has 2 aliphatic rings. The van der Waals surface area contributed by atoms with Gasteiger partial charge in [0, 0.05) is 50.0 Å². The van der Waals surface area contributed by atoms with Gasteiger partial charge in [0.05, 0.1) is 30.4 Å². The van der Waals surface area contributed by atoms with Gasteiger partial charge in [0.15, 0.2) is 0 Å². The van der Waals surface area contributed by atoms with Crippen LogP contribution in [0, 0.1) is 5.92 Å². The lowest BCUT2D eigenvalue weighted by molar-refractivity contribution is -0.0123. The maximum Gasteiger partial charge on any atom is 0.317 e. The van der Waals surface area contributed by atoms with Crippen molar-refractivity contribution in [1.29, 1.82) is 0 Å². The molecule has 2 aromatic carbocycles. The number of anilines is 1. The zero-order chi connectivity index (χ0) is 33.1. The summed E-state index contributed by atoms with van der Waals surface area (Å²) in [4.78, 5) is 43.7. The standard InChI is InChI=1S/C36H52N4O6/c1-25-22-40(26(2)24-41)35(43)31-21-30(37-34(42)28-14-7-5-8-15-28)18-19-32(31)46-27(3)13-11-12-20-45-33(25)23-39(4)36(44)38-29-16-9-6-10-17-29/h5,7-8,14-15,18-19,21,25-27,29,33,41H,6,9-13,16-17,20,22-24H2,1-4H3,(H,37,42)(H,38,44)/t25-,26-,27+,33+/m0/s1. The molecule has 4 atom stereocenters. The molecule has 2 aromatic rings. The van der Waals surface area contributed by atoms with Gasteiger partial charge in [-0.3, -0.25) is 9.59 Å². The summed E-state index contributed by atoms with van der Waals surface area (Å²) >= 11 is 0. The Balaban J connectivity index is 1.58. The minimum atomic E-state index is -0.497. The number of amides is 4. The number of nitrogens with zero attached hydrogens (tertiary/aromatic N) is 2. The molecule has 10 heteroatoms. The number of nitrogens with one attached hydrogen (secondary N) is 2. The summed E-state index contributed by atoms with van der Waals surface area (Å²) in [6.07, 6.45) is 7.50. The van der Waals surface area contributed by atoms with Crippen molar-refractivity contribution >= 4 is 23.5 Å². The predicted octanol–water partition coefficient (Wildman–Crippen LogP) is 5.71. The molecule has 10 nitrogen and oxygen atoms in total. The summed E-state index contributed by atoms with van der Waals surface area (Å²) in [5.74, 6) is -0.323. The van der Waals surface area contributed by atoms with E-state index in [-0.39, 0.29) is 48.6 Å². The van der Waals surface area contributed by atoms with E-state index >= 15 is 0 Å². The molecule has 3 N–H and O–H groups in total. The molecule has 1 fully saturated rings. The predicted molar refractivity (Wildman–Crippen MR) is 179 cm³/mol. The number of hydrogen-bond acceptors (Lipinski definition) is 6. The number of benzene rings is 2. The summed E-state index contributed by atoms with van der Waals surface area (Å²) in [5, 5.41) is 16.3. The highest BCUT2D eigenvalue weighted by atomic mass is 16.5. The Morgan fingerprint density at radius 2 is 1.74 bits per heavy atom. The van der Waals surface area contributed by atoms with Crippen LogP contribution in [0.2, 0.25) is 0 Å². The molecule has 1 saturated carbocycles. The van der Waals surface area contributed by atoms with Crippen LogP contribution in [0.5, 0.6) is 5.75 Å². The van der Waals surface area contributed by atoms with Crippen molar-refractivity contribution in [2.24, 2.45) is 5.92 Å². The lowest BCUT2D eigenvalue weighted by Crippen LogP contribution is -2.50. The molecular weight excluding hydrogens is 584 g/mol. The molecule has 1 aliphatic heterocycles. The van der Waals surface area contributed by atoms with Crippen LogP contribution in [0.4, 0.5) is 10.5 Å². The van der Waals surface area contributed by atoms with Crippen LogP contribution in [0.25, 0.3) is 0 Å². The van der Waals surface area contributed by atoms with Crippen molar-refractivity contribution in [1.82, 2.24) is 15.1 Å². The van der Waals surface area contributed by atoms with E-state index in [1.165, 1.54) is 6.42 Å². The van der Waals surface area contributed by atoms with E-state index in [9.17, 15) is 19.5 Å². The fraction of sp³-hybridized carbons (Fsp3) is 0.583. The molecule has 0 unspecified atom stereocenters. The Hall–Kier alpha value is -3.63. The topological polar surface area (TPSA) is 120 Å². The lowest BCUT2D eigenvalue weighted by Gasteiger charge is -2.36. The van der Waals surface area contributed by atoms with E-state index in [0.29, 0.717) is 42.3 Å². The van der Waals surface area contributed by atoms with Gasteiger partial charge in [-0.15, -0.1) is 0 Å². The monoisotopic (exact) mass is 636 g/mol. The van der Waals surface area contributed by atoms with Gasteiger partial charge in [0.25, 0.3) is 11.8 Å². The van der Waals surface area contributed by atoms with Gasteiger partial charge in [0.1, 0.15) is 5.75 Å². The summed E-state index contributed by atoms with van der Waals surface area (Å²) in [6, 6.07) is 13.6. The number of urea groups is 1. The first-order valence-corrected chi connectivity index (χ1v) is 16.9. The number of aliphatic hydroxyl groups excluding tert-OH is 1. The zero-order valence-corrected chi connectivity index (χ0v) is 27.9. The third-order valence-corrected chi connectivity index (χ3v) is 9.08. The van der Waals surface area contributed by atoms with Crippen LogP contribution in [-0.2, 0) is 4.74 Å². The van der Waals surface area contributed by atoms with Gasteiger partial charge in [-0.2, -0.15) is 0 Å². The van der Waals surface area contributed by atoms with E-state index in [1.54, 1.807) is 66.2 Å². The maximum absolute atomic E-state index is 14.3. The van der Waals surface area contributed by atoms with Crippen molar-refractivity contribution < 1.29 is 29.0 Å². The van der Waals surface area contributed by atoms with Crippen LogP contribution in [0.1, 0.15) is 92.9 Å². The van der Waals surface area contributed by atoms with Gasteiger partial charge in [-0.1, -0.05) is 44.4 Å². The average molecular weight is 637 g/mol. The fourth-order valence-corrected chi connectivity index (χ4v) is 6.14. The van der Waals surface area contributed by atoms with E-state index in [2.05, 4.69) is 10.6 Å². The minimum absolute atomic E-state index is 0.108. The molecule has 1 heterocycles. The number of rotatable bonds is 7. The van der Waals surface area contributed by atoms with Crippen LogP contribution >= 0.6 is 0 Å². The molecule has 1 aliphatic carbocycles. The molecule has 252 valence electrons. The Kier molecular flexibility index (Phi) is 13.3. The highest BCUT2D eigenvalue weighted by molar-refractivity contribution is 6.05. The highest BCUT2D eigenvalue weighted by Crippen LogP contribution is 2.29. The van der Waals surface area contributed by atoms with Crippen molar-refractivity contribution in [2.75, 3.05) is 38.7 Å². The molecular formula is C36H52N4O6. The minimum Gasteiger partial charge on any atom is -0.490 e. The molecule has 46 heavy (non-hydrogen) atoms. The van der Waals surface area contributed by atoms with Crippen LogP contribution < -0.4 is 15.4 Å². The molecule has 0 spiro atoms. The molecule has 0 aromatic heterocycles. The Morgan fingerprint density at radius 1 is 1.02 bits per heavy atom. The van der Waals surface area contributed by atoms with Gasteiger partial charge < -0.3 is 35.0 Å². The van der Waals surface area contributed by atoms with E-state index in [1.807, 2.05) is 19.9 Å². The first-order valence-electron chi connectivity index (χ1n) is 16.9. The summed E-state index contributed by atoms with van der Waals surface area (Å²) < 4.78 is 12.7. The Morgan fingerprint density at radius 3 is 2.46 bits per heavy atom. The largest absolute Gasteiger partial charge is 0.490 e. The van der Waals surface area contributed by atoms with E-state index in [0.717, 1.165) is 44.9 Å². The number of carbonyl (C=O) groups is 3. The van der Waals surface area contributed by atoms with Crippen molar-refractivity contribution in [3.63, 3.8) is 0 Å². The quantitative estimate of drug-likeness (QED) is 0.358. The number of fused-ring (bicyclic) bond motifs is 1. The Labute approximate surface area is 273 Å². The van der Waals surface area contributed by atoms with Crippen LogP contribution in [0.15, 0.2) is 48.5 Å². The average Bonchev–Trinajstić information content (AvgIpc) is 3.06. The van der Waals surface area contributed by atoms with Gasteiger partial charge >= 0.3 is 6.03 Å². The number of carbonyl (C=O) groups excluding carboxylic acids is 3. The van der Waals surface area contributed by atoms with Crippen molar-refractivity contribution in [3.05, 3.63) is 59.7 Å². The number of ether oxygens (including phenoxy) is 2. The second-order valence-corrected chi connectivity index (χ2v) is 13.0. The lowest BCUT2D eigenvalue weighted by atomic mass is 9.96. The molecule has 0 radical (unpaired) electrons. The first-order chi connectivity index (χ1) is 22.2. The first kappa shape index (κ1) is 35.2. The van der Waals surface area contributed by atoms with Gasteiger partial charge in [-0.05, 0) is 76.3 Å². The van der Waals surface area contributed by atoms with E-state index < -0.39 is 6.04 Å². The highest BCUT2D eigenvalue weighted by Gasteiger charge is 2.31. The smallest absolute Gasteiger partial charge is 0.317 e. The summed E-state index contributed by atoms with van der Waals surface area (Å²) in [6.45, 7) is 6.77. The molecule has 0 bridgehead atoms. The number of likely N-dealkylation sites (N-methyl/N-ethyl adjacent to an activating group) is 1. The second kappa shape index (κ2) is 17.3. The maximum atomic E-state index is 14.3. The van der Waals surface area contributed by atoms with Crippen molar-refractivity contribution in [2.45, 2.75) is 96.4 Å². The summed E-state index contributed by atoms with van der Waals surface area (Å²) in [5.41, 5.74) is 1.28. The number of hydrogen-bond donors (Lipinski definition) is 3. The van der Waals surface area contributed by atoms with Gasteiger partial charge in [-0.25, -0.2) is 4.79 Å².